The monoisotopic (exact) mass is 491 g/mol. The Hall–Kier alpha value is -1.35. The molecular formula is C17H16Cl2IN3O2. The molecule has 5 nitrogen and oxygen atoms in total. The van der Waals surface area contributed by atoms with Crippen LogP contribution in [0.2, 0.25) is 10.0 Å². The number of hydrogen-bond acceptors (Lipinski definition) is 3. The highest BCUT2D eigenvalue weighted by molar-refractivity contribution is 14.1. The zero-order chi connectivity index (χ0) is 18.4. The zero-order valence-electron chi connectivity index (χ0n) is 13.4. The van der Waals surface area contributed by atoms with Crippen LogP contribution in [0.4, 0.5) is 11.4 Å². The summed E-state index contributed by atoms with van der Waals surface area (Å²) >= 11 is 13.9. The largest absolute Gasteiger partial charge is 0.325 e. The van der Waals surface area contributed by atoms with E-state index in [4.69, 9.17) is 23.2 Å². The summed E-state index contributed by atoms with van der Waals surface area (Å²) < 4.78 is 0.952. The molecule has 0 aliphatic heterocycles. The van der Waals surface area contributed by atoms with Gasteiger partial charge in [0, 0.05) is 9.26 Å². The van der Waals surface area contributed by atoms with Crippen LogP contribution >= 0.6 is 45.8 Å². The minimum absolute atomic E-state index is 0.0690. The first-order chi connectivity index (χ1) is 11.8. The van der Waals surface area contributed by atoms with Crippen molar-refractivity contribution in [3.05, 3.63) is 56.1 Å². The predicted molar refractivity (Wildman–Crippen MR) is 110 cm³/mol. The molecule has 0 saturated carbocycles. The third-order valence-corrected chi connectivity index (χ3v) is 4.86. The Balaban J connectivity index is 1.83. The molecule has 0 saturated heterocycles. The highest BCUT2D eigenvalue weighted by atomic mass is 127. The molecule has 25 heavy (non-hydrogen) atoms. The summed E-state index contributed by atoms with van der Waals surface area (Å²) in [5, 5.41) is 6.33. The second-order valence-electron chi connectivity index (χ2n) is 5.38. The predicted octanol–water partition coefficient (Wildman–Crippen LogP) is 4.11. The molecule has 0 spiro atoms. The summed E-state index contributed by atoms with van der Waals surface area (Å²) in [6.45, 7) is 0.166. The van der Waals surface area contributed by atoms with Crippen molar-refractivity contribution in [2.75, 3.05) is 30.8 Å². The molecule has 0 bridgehead atoms. The van der Waals surface area contributed by atoms with Crippen molar-refractivity contribution in [1.82, 2.24) is 4.90 Å². The number of hydrogen-bond donors (Lipinski definition) is 2. The molecule has 0 aliphatic rings. The SMILES string of the molecule is CN(CC(=O)Nc1ccc(Cl)c(Cl)c1)CC(=O)Nc1ccccc1I. The van der Waals surface area contributed by atoms with Gasteiger partial charge in [-0.3, -0.25) is 14.5 Å². The van der Waals surface area contributed by atoms with Crippen molar-refractivity contribution in [3.63, 3.8) is 0 Å². The number of nitrogens with zero attached hydrogens (tertiary/aromatic N) is 1. The van der Waals surface area contributed by atoms with Gasteiger partial charge in [0.2, 0.25) is 11.8 Å². The normalized spacial score (nSPS) is 10.6. The number of amides is 2. The number of anilines is 2. The Morgan fingerprint density at radius 3 is 2.28 bits per heavy atom. The average molecular weight is 492 g/mol. The van der Waals surface area contributed by atoms with E-state index in [9.17, 15) is 9.59 Å². The van der Waals surface area contributed by atoms with Crippen molar-refractivity contribution < 1.29 is 9.59 Å². The van der Waals surface area contributed by atoms with Gasteiger partial charge in [-0.15, -0.1) is 0 Å². The van der Waals surface area contributed by atoms with Crippen molar-refractivity contribution in [3.8, 4) is 0 Å². The molecule has 2 N–H and O–H groups in total. The van der Waals surface area contributed by atoms with Crippen LogP contribution in [0.15, 0.2) is 42.5 Å². The molecule has 0 atom stereocenters. The lowest BCUT2D eigenvalue weighted by molar-refractivity contribution is -0.119. The number of halogens is 3. The van der Waals surface area contributed by atoms with Gasteiger partial charge in [0.25, 0.3) is 0 Å². The maximum atomic E-state index is 12.1. The molecule has 132 valence electrons. The van der Waals surface area contributed by atoms with Gasteiger partial charge in [0.05, 0.1) is 28.8 Å². The first-order valence-corrected chi connectivity index (χ1v) is 9.16. The van der Waals surface area contributed by atoms with Gasteiger partial charge >= 0.3 is 0 Å². The molecule has 0 unspecified atom stereocenters. The van der Waals surface area contributed by atoms with Gasteiger partial charge < -0.3 is 10.6 Å². The maximum absolute atomic E-state index is 12.1. The van der Waals surface area contributed by atoms with Gasteiger partial charge in [-0.1, -0.05) is 35.3 Å². The maximum Gasteiger partial charge on any atom is 0.238 e. The first kappa shape index (κ1) is 20.0. The third-order valence-electron chi connectivity index (χ3n) is 3.18. The lowest BCUT2D eigenvalue weighted by atomic mass is 10.3. The Morgan fingerprint density at radius 1 is 1.00 bits per heavy atom. The molecular weight excluding hydrogens is 476 g/mol. The van der Waals surface area contributed by atoms with Crippen molar-refractivity contribution in [2.45, 2.75) is 0 Å². The number of likely N-dealkylation sites (N-methyl/N-ethyl adjacent to an activating group) is 1. The number of nitrogens with one attached hydrogen (secondary N) is 2. The number of para-hydroxylation sites is 1. The van der Waals surface area contributed by atoms with E-state index in [0.29, 0.717) is 15.7 Å². The zero-order valence-corrected chi connectivity index (χ0v) is 17.0. The van der Waals surface area contributed by atoms with Crippen LogP contribution in [-0.2, 0) is 9.59 Å². The Kier molecular flexibility index (Phi) is 7.49. The fourth-order valence-electron chi connectivity index (χ4n) is 2.07. The number of carbonyl (C=O) groups is 2. The van der Waals surface area contributed by atoms with Gasteiger partial charge in [-0.2, -0.15) is 0 Å². The Labute approximate surface area is 169 Å². The average Bonchev–Trinajstić information content (AvgIpc) is 2.52. The standard InChI is InChI=1S/C17H16Cl2IN3O2/c1-23(10-17(25)22-15-5-3-2-4-14(15)20)9-16(24)21-11-6-7-12(18)13(19)8-11/h2-8H,9-10H2,1H3,(H,21,24)(H,22,25). The van der Waals surface area contributed by atoms with Crippen LogP contribution in [0.3, 0.4) is 0 Å². The highest BCUT2D eigenvalue weighted by Gasteiger charge is 2.12. The molecule has 2 rings (SSSR count). The van der Waals surface area contributed by atoms with Crippen LogP contribution in [0.25, 0.3) is 0 Å². The summed E-state index contributed by atoms with van der Waals surface area (Å²) in [6, 6.07) is 12.3. The third kappa shape index (κ3) is 6.47. The summed E-state index contributed by atoms with van der Waals surface area (Å²) in [7, 11) is 1.70. The van der Waals surface area contributed by atoms with Crippen molar-refractivity contribution in [1.29, 1.82) is 0 Å². The summed E-state index contributed by atoms with van der Waals surface area (Å²) in [5.41, 5.74) is 1.30. The van der Waals surface area contributed by atoms with Crippen LogP contribution < -0.4 is 10.6 Å². The van der Waals surface area contributed by atoms with Crippen LogP contribution in [0.1, 0.15) is 0 Å². The smallest absolute Gasteiger partial charge is 0.238 e. The summed E-state index contributed by atoms with van der Waals surface area (Å²) in [6.07, 6.45) is 0. The van der Waals surface area contributed by atoms with E-state index in [-0.39, 0.29) is 24.9 Å². The topological polar surface area (TPSA) is 61.4 Å². The van der Waals surface area contributed by atoms with Crippen LogP contribution in [0.5, 0.6) is 0 Å². The minimum atomic E-state index is -0.247. The van der Waals surface area contributed by atoms with E-state index in [1.165, 1.54) is 0 Å². The number of carbonyl (C=O) groups excluding carboxylic acids is 2. The quantitative estimate of drug-likeness (QED) is 0.598. The van der Waals surface area contributed by atoms with Gasteiger partial charge in [0.15, 0.2) is 0 Å². The van der Waals surface area contributed by atoms with Gasteiger partial charge in [0.1, 0.15) is 0 Å². The number of rotatable bonds is 6. The molecule has 8 heteroatoms. The lowest BCUT2D eigenvalue weighted by Crippen LogP contribution is -2.36. The number of benzene rings is 2. The fraction of sp³-hybridized carbons (Fsp3) is 0.176. The molecule has 0 fully saturated rings. The summed E-state index contributed by atoms with van der Waals surface area (Å²) in [5.74, 6) is -0.433. The van der Waals surface area contributed by atoms with E-state index < -0.39 is 0 Å². The molecule has 2 aromatic rings. The molecule has 2 aromatic carbocycles. The lowest BCUT2D eigenvalue weighted by Gasteiger charge is -2.16. The van der Waals surface area contributed by atoms with Crippen LogP contribution in [0, 0.1) is 3.57 Å². The van der Waals surface area contributed by atoms with E-state index in [2.05, 4.69) is 33.2 Å². The molecule has 2 amide bonds. The minimum Gasteiger partial charge on any atom is -0.325 e. The van der Waals surface area contributed by atoms with E-state index in [1.54, 1.807) is 30.1 Å². The van der Waals surface area contributed by atoms with Crippen molar-refractivity contribution >= 4 is 69.0 Å². The first-order valence-electron chi connectivity index (χ1n) is 7.33. The highest BCUT2D eigenvalue weighted by Crippen LogP contribution is 2.24. The Morgan fingerprint density at radius 2 is 1.64 bits per heavy atom. The molecule has 0 heterocycles. The molecule has 0 radical (unpaired) electrons. The summed E-state index contributed by atoms with van der Waals surface area (Å²) in [4.78, 5) is 25.8. The second-order valence-corrected chi connectivity index (χ2v) is 7.35. The molecule has 0 aromatic heterocycles. The van der Waals surface area contributed by atoms with E-state index in [0.717, 1.165) is 9.26 Å². The van der Waals surface area contributed by atoms with Crippen LogP contribution in [-0.4, -0.2) is 36.9 Å². The fourth-order valence-corrected chi connectivity index (χ4v) is 2.89. The van der Waals surface area contributed by atoms with Gasteiger partial charge in [-0.05, 0) is 60.0 Å². The van der Waals surface area contributed by atoms with E-state index >= 15 is 0 Å². The second kappa shape index (κ2) is 9.38. The molecule has 0 aliphatic carbocycles. The van der Waals surface area contributed by atoms with E-state index in [1.807, 2.05) is 24.3 Å². The van der Waals surface area contributed by atoms with Gasteiger partial charge in [-0.25, -0.2) is 0 Å². The van der Waals surface area contributed by atoms with Crippen molar-refractivity contribution in [2.24, 2.45) is 0 Å². The Bertz CT molecular complexity index is 786.